The van der Waals surface area contributed by atoms with E-state index in [1.165, 1.54) is 0 Å². The van der Waals surface area contributed by atoms with E-state index < -0.39 is 6.04 Å². The molecule has 0 saturated carbocycles. The lowest BCUT2D eigenvalue weighted by Crippen LogP contribution is -2.51. The summed E-state index contributed by atoms with van der Waals surface area (Å²) in [4.78, 5) is 14.1. The standard InChI is InChI=1S/C13H28N2O/c1-7-10(3)9-15(8-2)12(16)11(14)13(4,5)6/h10-11H,7-9,14H2,1-6H3/t10?,11-/m0/s1. The van der Waals surface area contributed by atoms with Crippen LogP contribution in [0.3, 0.4) is 0 Å². The van der Waals surface area contributed by atoms with Crippen molar-refractivity contribution in [1.82, 2.24) is 4.90 Å². The van der Waals surface area contributed by atoms with Gasteiger partial charge < -0.3 is 10.6 Å². The first kappa shape index (κ1) is 15.4. The van der Waals surface area contributed by atoms with Gasteiger partial charge in [0, 0.05) is 13.1 Å². The summed E-state index contributed by atoms with van der Waals surface area (Å²) in [5, 5.41) is 0. The minimum atomic E-state index is -0.406. The van der Waals surface area contributed by atoms with Crippen molar-refractivity contribution in [2.45, 2.75) is 54.0 Å². The Kier molecular flexibility index (Phi) is 6.01. The van der Waals surface area contributed by atoms with Crippen LogP contribution in [0.25, 0.3) is 0 Å². The van der Waals surface area contributed by atoms with E-state index in [4.69, 9.17) is 5.73 Å². The molecule has 0 bridgehead atoms. The normalized spacial score (nSPS) is 15.7. The van der Waals surface area contributed by atoms with E-state index in [2.05, 4.69) is 13.8 Å². The van der Waals surface area contributed by atoms with E-state index in [1.807, 2.05) is 32.6 Å². The molecule has 0 heterocycles. The molecule has 0 aromatic heterocycles. The predicted molar refractivity (Wildman–Crippen MR) is 69.1 cm³/mol. The Labute approximate surface area is 100 Å². The molecule has 0 aliphatic carbocycles. The summed E-state index contributed by atoms with van der Waals surface area (Å²) in [6, 6.07) is -0.406. The van der Waals surface area contributed by atoms with Crippen molar-refractivity contribution in [3.63, 3.8) is 0 Å². The molecule has 0 rings (SSSR count). The van der Waals surface area contributed by atoms with Crippen LogP contribution in [-0.2, 0) is 4.79 Å². The molecule has 0 aromatic carbocycles. The van der Waals surface area contributed by atoms with Crippen molar-refractivity contribution in [3.05, 3.63) is 0 Å². The summed E-state index contributed by atoms with van der Waals surface area (Å²) in [6.45, 7) is 13.9. The number of nitrogens with zero attached hydrogens (tertiary/aromatic N) is 1. The Morgan fingerprint density at radius 1 is 1.31 bits per heavy atom. The highest BCUT2D eigenvalue weighted by molar-refractivity contribution is 5.82. The van der Waals surface area contributed by atoms with Gasteiger partial charge in [-0.15, -0.1) is 0 Å². The first-order valence-electron chi connectivity index (χ1n) is 6.28. The Balaban J connectivity index is 4.54. The number of carbonyl (C=O) groups excluding carboxylic acids is 1. The molecule has 96 valence electrons. The van der Waals surface area contributed by atoms with Gasteiger partial charge in [0.05, 0.1) is 6.04 Å². The number of amides is 1. The molecule has 16 heavy (non-hydrogen) atoms. The van der Waals surface area contributed by atoms with E-state index in [-0.39, 0.29) is 11.3 Å². The van der Waals surface area contributed by atoms with Gasteiger partial charge in [0.25, 0.3) is 0 Å². The number of carbonyl (C=O) groups is 1. The molecule has 0 aliphatic heterocycles. The van der Waals surface area contributed by atoms with Crippen molar-refractivity contribution in [1.29, 1.82) is 0 Å². The zero-order valence-corrected chi connectivity index (χ0v) is 11.7. The molecule has 0 spiro atoms. The third kappa shape index (κ3) is 4.52. The summed E-state index contributed by atoms with van der Waals surface area (Å²) in [5.41, 5.74) is 5.83. The highest BCUT2D eigenvalue weighted by Crippen LogP contribution is 2.19. The van der Waals surface area contributed by atoms with E-state index in [0.717, 1.165) is 19.5 Å². The zero-order chi connectivity index (χ0) is 12.9. The van der Waals surface area contributed by atoms with Crippen LogP contribution in [0.15, 0.2) is 0 Å². The van der Waals surface area contributed by atoms with Crippen LogP contribution < -0.4 is 5.73 Å². The monoisotopic (exact) mass is 228 g/mol. The van der Waals surface area contributed by atoms with Crippen LogP contribution in [0.4, 0.5) is 0 Å². The lowest BCUT2D eigenvalue weighted by molar-refractivity contribution is -0.135. The lowest BCUT2D eigenvalue weighted by atomic mass is 9.86. The van der Waals surface area contributed by atoms with Crippen LogP contribution in [-0.4, -0.2) is 29.9 Å². The predicted octanol–water partition coefficient (Wildman–Crippen LogP) is 2.25. The van der Waals surface area contributed by atoms with E-state index in [1.54, 1.807) is 0 Å². The van der Waals surface area contributed by atoms with Crippen LogP contribution in [0.5, 0.6) is 0 Å². The number of hydrogen-bond donors (Lipinski definition) is 1. The van der Waals surface area contributed by atoms with Crippen LogP contribution in [0, 0.1) is 11.3 Å². The second kappa shape index (κ2) is 6.24. The van der Waals surface area contributed by atoms with Crippen molar-refractivity contribution in [3.8, 4) is 0 Å². The average molecular weight is 228 g/mol. The summed E-state index contributed by atoms with van der Waals surface area (Å²) < 4.78 is 0. The number of likely N-dealkylation sites (N-methyl/N-ethyl adjacent to an activating group) is 1. The van der Waals surface area contributed by atoms with E-state index in [0.29, 0.717) is 5.92 Å². The van der Waals surface area contributed by atoms with Crippen LogP contribution in [0.1, 0.15) is 48.0 Å². The van der Waals surface area contributed by atoms with Gasteiger partial charge in [-0.25, -0.2) is 0 Å². The third-order valence-corrected chi connectivity index (χ3v) is 3.12. The first-order chi connectivity index (χ1) is 7.23. The molecule has 0 aromatic rings. The molecule has 2 N–H and O–H groups in total. The van der Waals surface area contributed by atoms with Gasteiger partial charge in [-0.1, -0.05) is 41.0 Å². The second-order valence-electron chi connectivity index (χ2n) is 5.73. The van der Waals surface area contributed by atoms with Gasteiger partial charge in [-0.2, -0.15) is 0 Å². The molecule has 2 atom stereocenters. The average Bonchev–Trinajstić information content (AvgIpc) is 2.22. The molecule has 3 nitrogen and oxygen atoms in total. The van der Waals surface area contributed by atoms with Crippen LogP contribution in [0.2, 0.25) is 0 Å². The summed E-state index contributed by atoms with van der Waals surface area (Å²) in [7, 11) is 0. The zero-order valence-electron chi connectivity index (χ0n) is 11.7. The van der Waals surface area contributed by atoms with Gasteiger partial charge in [-0.05, 0) is 18.3 Å². The second-order valence-corrected chi connectivity index (χ2v) is 5.73. The Bertz CT molecular complexity index is 220. The molecule has 0 radical (unpaired) electrons. The fraction of sp³-hybridized carbons (Fsp3) is 0.923. The topological polar surface area (TPSA) is 46.3 Å². The molecule has 0 saturated heterocycles. The SMILES string of the molecule is CCC(C)CN(CC)C(=O)[C@H](N)C(C)(C)C. The van der Waals surface area contributed by atoms with Gasteiger partial charge in [0.15, 0.2) is 0 Å². The third-order valence-electron chi connectivity index (χ3n) is 3.12. The van der Waals surface area contributed by atoms with Crippen molar-refractivity contribution >= 4 is 5.91 Å². The summed E-state index contributed by atoms with van der Waals surface area (Å²) in [5.74, 6) is 0.617. The molecular formula is C13H28N2O. The lowest BCUT2D eigenvalue weighted by Gasteiger charge is -2.32. The summed E-state index contributed by atoms with van der Waals surface area (Å²) >= 11 is 0. The Hall–Kier alpha value is -0.570. The molecule has 0 fully saturated rings. The largest absolute Gasteiger partial charge is 0.341 e. The van der Waals surface area contributed by atoms with Crippen molar-refractivity contribution in [2.75, 3.05) is 13.1 Å². The fourth-order valence-corrected chi connectivity index (χ4v) is 1.45. The number of hydrogen-bond acceptors (Lipinski definition) is 2. The highest BCUT2D eigenvalue weighted by Gasteiger charge is 2.30. The molecule has 0 aliphatic rings. The minimum Gasteiger partial charge on any atom is -0.341 e. The minimum absolute atomic E-state index is 0.0790. The number of rotatable bonds is 5. The van der Waals surface area contributed by atoms with Gasteiger partial charge in [0.1, 0.15) is 0 Å². The highest BCUT2D eigenvalue weighted by atomic mass is 16.2. The fourth-order valence-electron chi connectivity index (χ4n) is 1.45. The number of nitrogens with two attached hydrogens (primary N) is 1. The maximum Gasteiger partial charge on any atom is 0.240 e. The Morgan fingerprint density at radius 3 is 2.12 bits per heavy atom. The van der Waals surface area contributed by atoms with Gasteiger partial charge in [0.2, 0.25) is 5.91 Å². The first-order valence-corrected chi connectivity index (χ1v) is 6.28. The summed E-state index contributed by atoms with van der Waals surface area (Å²) in [6.07, 6.45) is 1.09. The van der Waals surface area contributed by atoms with Crippen molar-refractivity contribution in [2.24, 2.45) is 17.1 Å². The quantitative estimate of drug-likeness (QED) is 0.784. The van der Waals surface area contributed by atoms with E-state index >= 15 is 0 Å². The maximum absolute atomic E-state index is 12.2. The van der Waals surface area contributed by atoms with Crippen LogP contribution >= 0.6 is 0 Å². The molecular weight excluding hydrogens is 200 g/mol. The van der Waals surface area contributed by atoms with Gasteiger partial charge >= 0.3 is 0 Å². The van der Waals surface area contributed by atoms with E-state index in [9.17, 15) is 4.79 Å². The molecule has 1 unspecified atom stereocenters. The molecule has 3 heteroatoms. The maximum atomic E-state index is 12.2. The molecule has 1 amide bonds. The smallest absolute Gasteiger partial charge is 0.240 e. The van der Waals surface area contributed by atoms with Crippen molar-refractivity contribution < 1.29 is 4.79 Å². The van der Waals surface area contributed by atoms with Gasteiger partial charge in [-0.3, -0.25) is 4.79 Å². The Morgan fingerprint density at radius 2 is 1.81 bits per heavy atom.